The van der Waals surface area contributed by atoms with E-state index in [1.807, 2.05) is 0 Å². The second-order valence-corrected chi connectivity index (χ2v) is 8.12. The molecule has 1 aliphatic carbocycles. The summed E-state index contributed by atoms with van der Waals surface area (Å²) in [6.07, 6.45) is -0.491. The van der Waals surface area contributed by atoms with Crippen LogP contribution in [0.15, 0.2) is 0 Å². The Bertz CT molecular complexity index is 301. The number of hydrogen-bond donors (Lipinski definition) is 0. The van der Waals surface area contributed by atoms with Gasteiger partial charge in [0.1, 0.15) is 0 Å². The van der Waals surface area contributed by atoms with Crippen molar-refractivity contribution < 1.29 is 13.2 Å². The van der Waals surface area contributed by atoms with E-state index in [0.717, 1.165) is 18.1 Å². The lowest BCUT2D eigenvalue weighted by molar-refractivity contribution is -0.162. The summed E-state index contributed by atoms with van der Waals surface area (Å²) >= 11 is 1.50. The molecule has 0 aromatic heterocycles. The number of hydrogen-bond acceptors (Lipinski definition) is 1. The van der Waals surface area contributed by atoms with Gasteiger partial charge in [-0.05, 0) is 48.2 Å². The van der Waals surface area contributed by atoms with Crippen LogP contribution in [0.3, 0.4) is 0 Å². The smallest absolute Gasteiger partial charge is 0.171 e. The number of thioether (sulfide) groups is 1. The highest BCUT2D eigenvalue weighted by Crippen LogP contribution is 2.61. The highest BCUT2D eigenvalue weighted by molar-refractivity contribution is 7.99. The first kappa shape index (κ1) is 18.2. The summed E-state index contributed by atoms with van der Waals surface area (Å²) in [6, 6.07) is 0. The highest BCUT2D eigenvalue weighted by Gasteiger charge is 2.54. The Labute approximate surface area is 126 Å². The topological polar surface area (TPSA) is 0 Å². The molecule has 1 aliphatic rings. The lowest BCUT2D eigenvalue weighted by atomic mass is 9.89. The van der Waals surface area contributed by atoms with Crippen molar-refractivity contribution in [2.45, 2.75) is 60.1 Å². The van der Waals surface area contributed by atoms with Gasteiger partial charge in [-0.15, -0.1) is 0 Å². The minimum Gasteiger partial charge on any atom is -0.171 e. The first-order valence-corrected chi connectivity index (χ1v) is 8.92. The summed E-state index contributed by atoms with van der Waals surface area (Å²) < 4.78 is 37.5. The summed E-state index contributed by atoms with van der Waals surface area (Å²) in [4.78, 5) is 0. The standard InChI is InChI=1S/C16H29F3S/c1-6-15(8-14(15)12(4)7-11(2)3)10-20-9-13(5)16(17,18)19/h11-14H,6-10H2,1-5H3/t12-,13+,14-,15?/m1/s1. The third kappa shape index (κ3) is 4.85. The fourth-order valence-corrected chi connectivity index (χ4v) is 4.90. The molecule has 0 bridgehead atoms. The molecule has 0 aromatic rings. The molecule has 0 aromatic carbocycles. The fourth-order valence-electron chi connectivity index (χ4n) is 3.30. The Hall–Kier alpha value is 0.140. The largest absolute Gasteiger partial charge is 0.392 e. The minimum absolute atomic E-state index is 0.205. The molecule has 1 unspecified atom stereocenters. The van der Waals surface area contributed by atoms with Gasteiger partial charge in [0.25, 0.3) is 0 Å². The first-order chi connectivity index (χ1) is 9.12. The molecule has 0 aliphatic heterocycles. The van der Waals surface area contributed by atoms with Gasteiger partial charge in [0.05, 0.1) is 5.92 Å². The van der Waals surface area contributed by atoms with Crippen LogP contribution in [0.4, 0.5) is 13.2 Å². The highest BCUT2D eigenvalue weighted by atomic mass is 32.2. The molecule has 1 fully saturated rings. The zero-order valence-corrected chi connectivity index (χ0v) is 14.2. The average Bonchev–Trinajstić information content (AvgIpc) is 3.02. The van der Waals surface area contributed by atoms with E-state index in [1.54, 1.807) is 0 Å². The van der Waals surface area contributed by atoms with Gasteiger partial charge in [-0.25, -0.2) is 0 Å². The van der Waals surface area contributed by atoms with Gasteiger partial charge in [0.15, 0.2) is 0 Å². The molecule has 4 heteroatoms. The molecule has 1 saturated carbocycles. The van der Waals surface area contributed by atoms with Crippen molar-refractivity contribution in [3.05, 3.63) is 0 Å². The molecule has 0 saturated heterocycles. The van der Waals surface area contributed by atoms with Crippen molar-refractivity contribution in [3.8, 4) is 0 Å². The predicted molar refractivity (Wildman–Crippen MR) is 82.0 cm³/mol. The van der Waals surface area contributed by atoms with Crippen LogP contribution in [0, 0.1) is 29.1 Å². The van der Waals surface area contributed by atoms with E-state index in [-0.39, 0.29) is 5.75 Å². The normalized spacial score (nSPS) is 29.6. The quantitative estimate of drug-likeness (QED) is 0.528. The number of halogens is 3. The van der Waals surface area contributed by atoms with Crippen molar-refractivity contribution >= 4 is 11.8 Å². The Morgan fingerprint density at radius 1 is 1.20 bits per heavy atom. The van der Waals surface area contributed by atoms with Crippen LogP contribution in [-0.4, -0.2) is 17.7 Å². The van der Waals surface area contributed by atoms with Gasteiger partial charge in [0.2, 0.25) is 0 Å². The van der Waals surface area contributed by atoms with E-state index < -0.39 is 12.1 Å². The molecule has 0 heterocycles. The van der Waals surface area contributed by atoms with Crippen LogP contribution in [0.5, 0.6) is 0 Å². The van der Waals surface area contributed by atoms with Crippen LogP contribution in [0.2, 0.25) is 0 Å². The molecule has 0 N–H and O–H groups in total. The van der Waals surface area contributed by atoms with Gasteiger partial charge in [-0.1, -0.05) is 34.6 Å². The van der Waals surface area contributed by atoms with E-state index in [4.69, 9.17) is 0 Å². The van der Waals surface area contributed by atoms with E-state index in [1.165, 1.54) is 31.5 Å². The van der Waals surface area contributed by atoms with Crippen molar-refractivity contribution in [2.75, 3.05) is 11.5 Å². The lowest BCUT2D eigenvalue weighted by Gasteiger charge is -2.21. The third-order valence-electron chi connectivity index (χ3n) is 4.80. The first-order valence-electron chi connectivity index (χ1n) is 7.77. The summed E-state index contributed by atoms with van der Waals surface area (Å²) in [5, 5.41) is 0. The third-order valence-corrected chi connectivity index (χ3v) is 6.32. The molecule has 0 amide bonds. The summed E-state index contributed by atoms with van der Waals surface area (Å²) in [5.74, 6) is 2.05. The molecule has 0 radical (unpaired) electrons. The maximum Gasteiger partial charge on any atom is 0.392 e. The number of alkyl halides is 3. The Morgan fingerprint density at radius 3 is 2.25 bits per heavy atom. The fraction of sp³-hybridized carbons (Fsp3) is 1.00. The van der Waals surface area contributed by atoms with Gasteiger partial charge >= 0.3 is 6.18 Å². The van der Waals surface area contributed by atoms with Crippen molar-refractivity contribution in [3.63, 3.8) is 0 Å². The molecule has 120 valence electrons. The van der Waals surface area contributed by atoms with Crippen LogP contribution in [0.1, 0.15) is 53.9 Å². The molecule has 4 atom stereocenters. The van der Waals surface area contributed by atoms with E-state index >= 15 is 0 Å². The maximum atomic E-state index is 12.5. The Balaban J connectivity index is 2.38. The van der Waals surface area contributed by atoms with Crippen LogP contribution >= 0.6 is 11.8 Å². The number of rotatable bonds is 8. The minimum atomic E-state index is -4.04. The Morgan fingerprint density at radius 2 is 1.80 bits per heavy atom. The summed E-state index contributed by atoms with van der Waals surface area (Å²) in [7, 11) is 0. The summed E-state index contributed by atoms with van der Waals surface area (Å²) in [6.45, 7) is 10.3. The zero-order valence-electron chi connectivity index (χ0n) is 13.4. The zero-order chi connectivity index (χ0) is 15.6. The van der Waals surface area contributed by atoms with Crippen LogP contribution in [-0.2, 0) is 0 Å². The van der Waals surface area contributed by atoms with Gasteiger partial charge in [-0.3, -0.25) is 0 Å². The molecular weight excluding hydrogens is 281 g/mol. The monoisotopic (exact) mass is 310 g/mol. The molecule has 0 spiro atoms. The van der Waals surface area contributed by atoms with Gasteiger partial charge in [0, 0.05) is 5.75 Å². The van der Waals surface area contributed by atoms with Gasteiger partial charge < -0.3 is 0 Å². The average molecular weight is 310 g/mol. The van der Waals surface area contributed by atoms with Crippen molar-refractivity contribution in [2.24, 2.45) is 29.1 Å². The predicted octanol–water partition coefficient (Wildman–Crippen LogP) is 6.02. The molecular formula is C16H29F3S. The molecule has 1 rings (SSSR count). The summed E-state index contributed by atoms with van der Waals surface area (Å²) in [5.41, 5.74) is 0.324. The van der Waals surface area contributed by atoms with Crippen molar-refractivity contribution in [1.82, 2.24) is 0 Å². The van der Waals surface area contributed by atoms with Gasteiger partial charge in [-0.2, -0.15) is 24.9 Å². The molecule has 0 nitrogen and oxygen atoms in total. The SMILES string of the molecule is CCC1(CSC[C@H](C)C(F)(F)F)C[C@@H]1[C@H](C)CC(C)C. The van der Waals surface area contributed by atoms with Crippen LogP contribution < -0.4 is 0 Å². The van der Waals surface area contributed by atoms with Crippen LogP contribution in [0.25, 0.3) is 0 Å². The second kappa shape index (κ2) is 6.93. The van der Waals surface area contributed by atoms with E-state index in [9.17, 15) is 13.2 Å². The molecule has 20 heavy (non-hydrogen) atoms. The maximum absolute atomic E-state index is 12.5. The second-order valence-electron chi connectivity index (χ2n) is 7.09. The Kier molecular flexibility index (Phi) is 6.31. The van der Waals surface area contributed by atoms with E-state index in [0.29, 0.717) is 17.3 Å². The van der Waals surface area contributed by atoms with E-state index in [2.05, 4.69) is 27.7 Å². The van der Waals surface area contributed by atoms with Crippen molar-refractivity contribution in [1.29, 1.82) is 0 Å². The lowest BCUT2D eigenvalue weighted by Crippen LogP contribution is -2.22.